The predicted molar refractivity (Wildman–Crippen MR) is 46.9 cm³/mol. The van der Waals surface area contributed by atoms with Crippen molar-refractivity contribution in [2.75, 3.05) is 6.61 Å². The van der Waals surface area contributed by atoms with Gasteiger partial charge in [-0.3, -0.25) is 0 Å². The van der Waals surface area contributed by atoms with E-state index in [1.807, 2.05) is 0 Å². The Balaban J connectivity index is 2.55. The smallest absolute Gasteiger partial charge is 0.342 e. The number of carbonyl (C=O) groups is 1. The molecule has 0 fully saturated rings. The topological polar surface area (TPSA) is 46.5 Å². The number of ether oxygens (including phenoxy) is 1. The standard InChI is InChI=1S/C10H7FO3/c11-7-4-2-1-3-6(7)9-8(12)5-14-10(9)13/h1-4,12H,5H2. The van der Waals surface area contributed by atoms with E-state index in [0.29, 0.717) is 0 Å². The van der Waals surface area contributed by atoms with Gasteiger partial charge in [-0.2, -0.15) is 0 Å². The molecule has 0 unspecified atom stereocenters. The van der Waals surface area contributed by atoms with Gasteiger partial charge in [0.1, 0.15) is 23.8 Å². The molecule has 72 valence electrons. The SMILES string of the molecule is O=C1OCC(O)=C1c1ccccc1F. The number of halogens is 1. The zero-order valence-corrected chi connectivity index (χ0v) is 7.16. The first-order chi connectivity index (χ1) is 6.70. The van der Waals surface area contributed by atoms with E-state index in [1.54, 1.807) is 6.07 Å². The van der Waals surface area contributed by atoms with Crippen molar-refractivity contribution in [3.63, 3.8) is 0 Å². The molecule has 0 saturated heterocycles. The fourth-order valence-electron chi connectivity index (χ4n) is 1.33. The number of hydrogen-bond donors (Lipinski definition) is 1. The maximum atomic E-state index is 13.2. The van der Waals surface area contributed by atoms with Gasteiger partial charge in [-0.05, 0) is 6.07 Å². The first-order valence-corrected chi connectivity index (χ1v) is 4.04. The van der Waals surface area contributed by atoms with Crippen molar-refractivity contribution in [3.05, 3.63) is 41.4 Å². The summed E-state index contributed by atoms with van der Waals surface area (Å²) in [4.78, 5) is 11.1. The summed E-state index contributed by atoms with van der Waals surface area (Å²) in [7, 11) is 0. The van der Waals surface area contributed by atoms with Crippen molar-refractivity contribution >= 4 is 11.5 Å². The Bertz CT molecular complexity index is 423. The summed E-state index contributed by atoms with van der Waals surface area (Å²) in [6.45, 7) is -0.178. The Morgan fingerprint density at radius 2 is 2.07 bits per heavy atom. The number of carbonyl (C=O) groups excluding carboxylic acids is 1. The molecule has 0 aliphatic carbocycles. The van der Waals surface area contributed by atoms with Crippen LogP contribution >= 0.6 is 0 Å². The lowest BCUT2D eigenvalue weighted by atomic mass is 10.1. The molecule has 1 aromatic rings. The lowest BCUT2D eigenvalue weighted by molar-refractivity contribution is -0.134. The molecule has 14 heavy (non-hydrogen) atoms. The van der Waals surface area contributed by atoms with E-state index in [9.17, 15) is 14.3 Å². The first kappa shape index (κ1) is 8.74. The van der Waals surface area contributed by atoms with Crippen LogP contribution in [-0.4, -0.2) is 17.7 Å². The van der Waals surface area contributed by atoms with Crippen LogP contribution in [0.1, 0.15) is 5.56 Å². The number of esters is 1. The van der Waals surface area contributed by atoms with Crippen molar-refractivity contribution in [2.45, 2.75) is 0 Å². The Hall–Kier alpha value is -1.84. The minimum atomic E-state index is -0.687. The molecule has 1 aliphatic heterocycles. The van der Waals surface area contributed by atoms with Crippen molar-refractivity contribution in [1.29, 1.82) is 0 Å². The molecule has 0 bridgehead atoms. The second kappa shape index (κ2) is 3.14. The number of cyclic esters (lactones) is 1. The Kier molecular flexibility index (Phi) is 1.96. The van der Waals surface area contributed by atoms with E-state index in [4.69, 9.17) is 0 Å². The molecular formula is C10H7FO3. The second-order valence-corrected chi connectivity index (χ2v) is 2.88. The maximum Gasteiger partial charge on any atom is 0.342 e. The highest BCUT2D eigenvalue weighted by molar-refractivity contribution is 6.18. The van der Waals surface area contributed by atoms with Gasteiger partial charge in [-0.15, -0.1) is 0 Å². The zero-order valence-electron chi connectivity index (χ0n) is 7.16. The molecule has 0 radical (unpaired) electrons. The van der Waals surface area contributed by atoms with Gasteiger partial charge in [-0.1, -0.05) is 18.2 Å². The largest absolute Gasteiger partial charge is 0.508 e. The normalized spacial score (nSPS) is 15.9. The molecule has 1 aliphatic rings. The third-order valence-electron chi connectivity index (χ3n) is 1.98. The zero-order chi connectivity index (χ0) is 10.1. The van der Waals surface area contributed by atoms with Gasteiger partial charge in [0.2, 0.25) is 0 Å². The van der Waals surface area contributed by atoms with Crippen molar-refractivity contribution in [1.82, 2.24) is 0 Å². The third kappa shape index (κ3) is 1.25. The third-order valence-corrected chi connectivity index (χ3v) is 1.98. The molecule has 0 amide bonds. The van der Waals surface area contributed by atoms with Gasteiger partial charge in [-0.25, -0.2) is 9.18 Å². The highest BCUT2D eigenvalue weighted by Gasteiger charge is 2.27. The molecule has 1 N–H and O–H groups in total. The molecule has 1 aromatic carbocycles. The minimum Gasteiger partial charge on any atom is -0.508 e. The highest BCUT2D eigenvalue weighted by atomic mass is 19.1. The van der Waals surface area contributed by atoms with Crippen LogP contribution in [0.4, 0.5) is 4.39 Å². The lowest BCUT2D eigenvalue weighted by Gasteiger charge is -2.00. The van der Waals surface area contributed by atoms with Gasteiger partial charge >= 0.3 is 5.97 Å². The minimum absolute atomic E-state index is 0.0764. The summed E-state index contributed by atoms with van der Waals surface area (Å²) < 4.78 is 17.8. The number of benzene rings is 1. The molecular weight excluding hydrogens is 187 g/mol. The quantitative estimate of drug-likeness (QED) is 0.691. The van der Waals surface area contributed by atoms with Crippen LogP contribution < -0.4 is 0 Å². The average molecular weight is 194 g/mol. The van der Waals surface area contributed by atoms with Crippen LogP contribution in [0.2, 0.25) is 0 Å². The molecule has 2 rings (SSSR count). The summed E-state index contributed by atoms with van der Waals surface area (Å²) in [6, 6.07) is 5.75. The monoisotopic (exact) mass is 194 g/mol. The van der Waals surface area contributed by atoms with Gasteiger partial charge in [0.25, 0.3) is 0 Å². The van der Waals surface area contributed by atoms with E-state index in [-0.39, 0.29) is 23.5 Å². The fraction of sp³-hybridized carbons (Fsp3) is 0.100. The Morgan fingerprint density at radius 3 is 2.64 bits per heavy atom. The van der Waals surface area contributed by atoms with Crippen molar-refractivity contribution < 1.29 is 19.0 Å². The van der Waals surface area contributed by atoms with Crippen LogP contribution in [0.25, 0.3) is 5.57 Å². The van der Waals surface area contributed by atoms with Crippen molar-refractivity contribution in [3.8, 4) is 0 Å². The van der Waals surface area contributed by atoms with Gasteiger partial charge in [0.15, 0.2) is 0 Å². The van der Waals surface area contributed by atoms with Crippen LogP contribution in [0.3, 0.4) is 0 Å². The molecule has 0 atom stereocenters. The first-order valence-electron chi connectivity index (χ1n) is 4.04. The Labute approximate surface area is 79.4 Å². The average Bonchev–Trinajstić information content (AvgIpc) is 2.48. The number of hydrogen-bond acceptors (Lipinski definition) is 3. The maximum absolute atomic E-state index is 13.2. The fourth-order valence-corrected chi connectivity index (χ4v) is 1.33. The van der Waals surface area contributed by atoms with Crippen LogP contribution in [0, 0.1) is 5.82 Å². The molecule has 0 saturated carbocycles. The van der Waals surface area contributed by atoms with E-state index < -0.39 is 11.8 Å². The lowest BCUT2D eigenvalue weighted by Crippen LogP contribution is -2.00. The summed E-state index contributed by atoms with van der Waals surface area (Å²) >= 11 is 0. The molecule has 0 aromatic heterocycles. The summed E-state index contributed by atoms with van der Waals surface area (Å²) in [6.07, 6.45) is 0. The summed E-state index contributed by atoms with van der Waals surface area (Å²) in [5, 5.41) is 9.30. The highest BCUT2D eigenvalue weighted by Crippen LogP contribution is 2.26. The number of rotatable bonds is 1. The number of aliphatic hydroxyl groups excluding tert-OH is 1. The van der Waals surface area contributed by atoms with Crippen LogP contribution in [0.15, 0.2) is 30.0 Å². The van der Waals surface area contributed by atoms with Gasteiger partial charge in [0.05, 0.1) is 0 Å². The number of aliphatic hydroxyl groups is 1. The summed E-state index contributed by atoms with van der Waals surface area (Å²) in [5.41, 5.74) is -0.00407. The van der Waals surface area contributed by atoms with E-state index in [0.717, 1.165) is 0 Å². The van der Waals surface area contributed by atoms with Crippen molar-refractivity contribution in [2.24, 2.45) is 0 Å². The van der Waals surface area contributed by atoms with Gasteiger partial charge in [0, 0.05) is 5.56 Å². The van der Waals surface area contributed by atoms with Gasteiger partial charge < -0.3 is 9.84 Å². The predicted octanol–water partition coefficient (Wildman–Crippen LogP) is 1.65. The molecule has 3 nitrogen and oxygen atoms in total. The molecule has 0 spiro atoms. The van der Waals surface area contributed by atoms with E-state index >= 15 is 0 Å². The van der Waals surface area contributed by atoms with E-state index in [1.165, 1.54) is 18.2 Å². The summed E-state index contributed by atoms with van der Waals surface area (Å²) in [5.74, 6) is -1.46. The second-order valence-electron chi connectivity index (χ2n) is 2.88. The Morgan fingerprint density at radius 1 is 1.36 bits per heavy atom. The molecule has 4 heteroatoms. The van der Waals surface area contributed by atoms with Crippen LogP contribution in [-0.2, 0) is 9.53 Å². The molecule has 1 heterocycles. The van der Waals surface area contributed by atoms with Crippen LogP contribution in [0.5, 0.6) is 0 Å². The van der Waals surface area contributed by atoms with E-state index in [2.05, 4.69) is 4.74 Å².